The highest BCUT2D eigenvalue weighted by Crippen LogP contribution is 2.11. The van der Waals surface area contributed by atoms with Crippen LogP contribution in [0.5, 0.6) is 0 Å². The van der Waals surface area contributed by atoms with Crippen LogP contribution in [0.15, 0.2) is 30.6 Å². The smallest absolute Gasteiger partial charge is 0.317 e. The first-order valence-electron chi connectivity index (χ1n) is 7.78. The lowest BCUT2D eigenvalue weighted by atomic mass is 10.2. The van der Waals surface area contributed by atoms with E-state index in [1.165, 1.54) is 0 Å². The Kier molecular flexibility index (Phi) is 5.05. The fourth-order valence-corrected chi connectivity index (χ4v) is 3.26. The first kappa shape index (κ1) is 16.4. The Morgan fingerprint density at radius 1 is 1.17 bits per heavy atom. The molecule has 2 aromatic heterocycles. The minimum absolute atomic E-state index is 0.0872. The van der Waals surface area contributed by atoms with Crippen molar-refractivity contribution in [3.05, 3.63) is 46.2 Å². The van der Waals surface area contributed by atoms with Gasteiger partial charge in [-0.15, -0.1) is 11.3 Å². The summed E-state index contributed by atoms with van der Waals surface area (Å²) in [6.45, 7) is 4.49. The number of nitrogens with one attached hydrogen (secondary N) is 1. The number of carbonyl (C=O) groups is 2. The van der Waals surface area contributed by atoms with Crippen molar-refractivity contribution in [2.45, 2.75) is 13.5 Å². The van der Waals surface area contributed by atoms with Gasteiger partial charge < -0.3 is 15.1 Å². The van der Waals surface area contributed by atoms with E-state index < -0.39 is 0 Å². The van der Waals surface area contributed by atoms with E-state index in [0.29, 0.717) is 38.4 Å². The zero-order valence-electron chi connectivity index (χ0n) is 13.4. The molecule has 7 nitrogen and oxygen atoms in total. The van der Waals surface area contributed by atoms with E-state index >= 15 is 0 Å². The van der Waals surface area contributed by atoms with Crippen LogP contribution in [0.3, 0.4) is 0 Å². The van der Waals surface area contributed by atoms with E-state index in [4.69, 9.17) is 0 Å². The molecule has 8 heteroatoms. The van der Waals surface area contributed by atoms with Gasteiger partial charge in [-0.25, -0.2) is 9.78 Å². The second-order valence-corrected chi connectivity index (χ2v) is 6.82. The Morgan fingerprint density at radius 3 is 2.54 bits per heavy atom. The largest absolute Gasteiger partial charge is 0.334 e. The molecule has 3 rings (SSSR count). The maximum Gasteiger partial charge on any atom is 0.317 e. The Hall–Kier alpha value is -2.48. The molecule has 0 aromatic carbocycles. The van der Waals surface area contributed by atoms with E-state index in [0.717, 1.165) is 9.88 Å². The maximum atomic E-state index is 12.3. The van der Waals surface area contributed by atoms with Crippen molar-refractivity contribution in [1.29, 1.82) is 0 Å². The molecule has 0 spiro atoms. The third-order valence-electron chi connectivity index (χ3n) is 3.82. The summed E-state index contributed by atoms with van der Waals surface area (Å²) in [6, 6.07) is 5.18. The zero-order valence-corrected chi connectivity index (χ0v) is 14.3. The number of carbonyl (C=O) groups excluding carboxylic acids is 2. The van der Waals surface area contributed by atoms with Crippen LogP contribution in [-0.2, 0) is 6.54 Å². The van der Waals surface area contributed by atoms with Crippen LogP contribution in [0.4, 0.5) is 4.79 Å². The monoisotopic (exact) mass is 345 g/mol. The summed E-state index contributed by atoms with van der Waals surface area (Å²) >= 11 is 1.57. The topological polar surface area (TPSA) is 78.4 Å². The van der Waals surface area contributed by atoms with Gasteiger partial charge in [-0.3, -0.25) is 9.78 Å². The van der Waals surface area contributed by atoms with Crippen LogP contribution >= 0.6 is 11.3 Å². The summed E-state index contributed by atoms with van der Waals surface area (Å²) in [5.41, 5.74) is 0.441. The predicted octanol–water partition coefficient (Wildman–Crippen LogP) is 1.51. The summed E-state index contributed by atoms with van der Waals surface area (Å²) in [4.78, 5) is 37.3. The van der Waals surface area contributed by atoms with Crippen LogP contribution in [0.2, 0.25) is 0 Å². The third-order valence-corrected chi connectivity index (χ3v) is 4.73. The highest BCUT2D eigenvalue weighted by molar-refractivity contribution is 7.11. The maximum absolute atomic E-state index is 12.3. The number of rotatable bonds is 3. The van der Waals surface area contributed by atoms with Gasteiger partial charge in [0.15, 0.2) is 0 Å². The molecule has 3 amide bonds. The van der Waals surface area contributed by atoms with E-state index in [-0.39, 0.29) is 11.9 Å². The quantitative estimate of drug-likeness (QED) is 0.915. The average molecular weight is 345 g/mol. The number of thiazole rings is 1. The van der Waals surface area contributed by atoms with Gasteiger partial charge in [-0.2, -0.15) is 0 Å². The molecule has 3 heterocycles. The van der Waals surface area contributed by atoms with Gasteiger partial charge in [0, 0.05) is 43.4 Å². The number of aryl methyl sites for hydroxylation is 1. The average Bonchev–Trinajstić information content (AvgIpc) is 3.05. The van der Waals surface area contributed by atoms with Crippen LogP contribution in [0.25, 0.3) is 0 Å². The van der Waals surface area contributed by atoms with Crippen LogP contribution in [-0.4, -0.2) is 57.9 Å². The number of hydrogen-bond acceptors (Lipinski definition) is 5. The summed E-state index contributed by atoms with van der Waals surface area (Å²) < 4.78 is 0. The van der Waals surface area contributed by atoms with Crippen molar-refractivity contribution in [2.24, 2.45) is 0 Å². The first-order chi connectivity index (χ1) is 11.6. The van der Waals surface area contributed by atoms with Gasteiger partial charge in [0.25, 0.3) is 5.91 Å². The molecule has 1 aliphatic heterocycles. The second-order valence-electron chi connectivity index (χ2n) is 5.50. The van der Waals surface area contributed by atoms with E-state index in [2.05, 4.69) is 15.3 Å². The third kappa shape index (κ3) is 3.88. The minimum atomic E-state index is -0.106. The van der Waals surface area contributed by atoms with Gasteiger partial charge in [0.2, 0.25) is 0 Å². The van der Waals surface area contributed by atoms with E-state index in [9.17, 15) is 9.59 Å². The summed E-state index contributed by atoms with van der Waals surface area (Å²) in [5, 5.41) is 3.89. The molecule has 0 unspecified atom stereocenters. The van der Waals surface area contributed by atoms with Gasteiger partial charge >= 0.3 is 6.03 Å². The Balaban J connectivity index is 1.47. The molecule has 1 saturated heterocycles. The zero-order chi connectivity index (χ0) is 16.9. The van der Waals surface area contributed by atoms with Gasteiger partial charge in [-0.05, 0) is 19.1 Å². The Bertz CT molecular complexity index is 710. The number of hydrogen-bond donors (Lipinski definition) is 1. The van der Waals surface area contributed by atoms with Crippen molar-refractivity contribution in [3.63, 3.8) is 0 Å². The fraction of sp³-hybridized carbons (Fsp3) is 0.375. The van der Waals surface area contributed by atoms with Gasteiger partial charge in [0.05, 0.1) is 11.6 Å². The molecular formula is C16H19N5O2S. The number of nitrogens with zero attached hydrogens (tertiary/aromatic N) is 4. The molecule has 0 aliphatic carbocycles. The van der Waals surface area contributed by atoms with Crippen molar-refractivity contribution in [1.82, 2.24) is 25.1 Å². The molecule has 0 radical (unpaired) electrons. The first-order valence-corrected chi connectivity index (χ1v) is 8.59. The standard InChI is InChI=1S/C16H19N5O2S/c1-12-18-10-13(24-12)11-19-16(23)21-8-6-20(7-9-21)15(22)14-4-2-3-5-17-14/h2-5,10H,6-9,11H2,1H3,(H,19,23). The summed E-state index contributed by atoms with van der Waals surface area (Å²) in [6.07, 6.45) is 3.39. The number of urea groups is 1. The van der Waals surface area contributed by atoms with Crippen molar-refractivity contribution < 1.29 is 9.59 Å². The SMILES string of the molecule is Cc1ncc(CNC(=O)N2CCN(C(=O)c3ccccn3)CC2)s1. The highest BCUT2D eigenvalue weighted by atomic mass is 32.1. The van der Waals surface area contributed by atoms with E-state index in [1.54, 1.807) is 51.7 Å². The molecule has 1 N–H and O–H groups in total. The van der Waals surface area contributed by atoms with Crippen molar-refractivity contribution in [3.8, 4) is 0 Å². The molecule has 1 fully saturated rings. The minimum Gasteiger partial charge on any atom is -0.334 e. The molecule has 126 valence electrons. The van der Waals surface area contributed by atoms with Gasteiger partial charge in [0.1, 0.15) is 5.69 Å². The van der Waals surface area contributed by atoms with E-state index in [1.807, 2.05) is 6.92 Å². The van der Waals surface area contributed by atoms with Crippen LogP contribution in [0, 0.1) is 6.92 Å². The molecule has 24 heavy (non-hydrogen) atoms. The lowest BCUT2D eigenvalue weighted by molar-refractivity contribution is 0.0659. The Morgan fingerprint density at radius 2 is 1.92 bits per heavy atom. The molecule has 1 aliphatic rings. The van der Waals surface area contributed by atoms with Crippen LogP contribution < -0.4 is 5.32 Å². The molecule has 2 aromatic rings. The summed E-state index contributed by atoms with van der Waals surface area (Å²) in [7, 11) is 0. The normalized spacial score (nSPS) is 14.5. The van der Waals surface area contributed by atoms with Crippen molar-refractivity contribution >= 4 is 23.3 Å². The number of pyridine rings is 1. The Labute approximate surface area is 144 Å². The number of aromatic nitrogens is 2. The molecular weight excluding hydrogens is 326 g/mol. The second kappa shape index (κ2) is 7.39. The molecule has 0 bridgehead atoms. The number of amides is 3. The fourth-order valence-electron chi connectivity index (χ4n) is 2.53. The highest BCUT2D eigenvalue weighted by Gasteiger charge is 2.25. The lowest BCUT2D eigenvalue weighted by Crippen LogP contribution is -2.53. The molecule has 0 atom stereocenters. The molecule has 0 saturated carbocycles. The van der Waals surface area contributed by atoms with Crippen LogP contribution in [0.1, 0.15) is 20.4 Å². The predicted molar refractivity (Wildman–Crippen MR) is 90.8 cm³/mol. The lowest BCUT2D eigenvalue weighted by Gasteiger charge is -2.34. The van der Waals surface area contributed by atoms with Crippen molar-refractivity contribution in [2.75, 3.05) is 26.2 Å². The summed E-state index contributed by atoms with van der Waals surface area (Å²) in [5.74, 6) is -0.0872. The van der Waals surface area contributed by atoms with Gasteiger partial charge in [-0.1, -0.05) is 6.07 Å². The number of piperazine rings is 1.